The molecule has 6 rings (SSSR count). The maximum Gasteiger partial charge on any atom is 0.408 e. The number of hydrogen-bond acceptors (Lipinski definition) is 10. The quantitative estimate of drug-likeness (QED) is 0.241. The predicted molar refractivity (Wildman–Crippen MR) is 180 cm³/mol. The second-order valence-electron chi connectivity index (χ2n) is 13.7. The molecule has 2 saturated carbocycles. The number of ether oxygens (including phenoxy) is 3. The number of aliphatic hydroxyl groups excluding tert-OH is 1. The molecule has 0 spiro atoms. The van der Waals surface area contributed by atoms with Gasteiger partial charge < -0.3 is 40.0 Å². The summed E-state index contributed by atoms with van der Waals surface area (Å²) in [5, 5.41) is 28.8. The van der Waals surface area contributed by atoms with Gasteiger partial charge in [0.15, 0.2) is 6.29 Å². The van der Waals surface area contributed by atoms with Crippen LogP contribution in [0.1, 0.15) is 96.0 Å². The van der Waals surface area contributed by atoms with Crippen LogP contribution in [0.5, 0.6) is 11.6 Å². The van der Waals surface area contributed by atoms with Crippen molar-refractivity contribution in [1.29, 1.82) is 0 Å². The molecule has 0 aromatic carbocycles. The van der Waals surface area contributed by atoms with Gasteiger partial charge in [-0.25, -0.2) is 9.78 Å². The van der Waals surface area contributed by atoms with Crippen molar-refractivity contribution in [2.75, 3.05) is 13.2 Å². The second kappa shape index (κ2) is 15.0. The predicted octanol–water partition coefficient (Wildman–Crippen LogP) is 4.63. The van der Waals surface area contributed by atoms with Gasteiger partial charge in [-0.15, -0.1) is 11.3 Å². The molecule has 48 heavy (non-hydrogen) atoms. The van der Waals surface area contributed by atoms with Gasteiger partial charge in [-0.05, 0) is 89.0 Å². The van der Waals surface area contributed by atoms with Gasteiger partial charge in [0.2, 0.25) is 17.7 Å². The SMILES string of the molecule is CCOc1cc(O[C@@H]2C[C@H]3C(=O)N[C@]4(C(O)O)CC/C(=C/CCCCC[C@H](NC(=O)OC5CCCC5)C(=O)N3C2)C4)c2scc(C)c2n1. The molecule has 4 atom stereocenters. The zero-order chi connectivity index (χ0) is 33.8. The summed E-state index contributed by atoms with van der Waals surface area (Å²) >= 11 is 1.51. The Bertz CT molecular complexity index is 1520. The van der Waals surface area contributed by atoms with Gasteiger partial charge in [-0.1, -0.05) is 24.5 Å². The smallest absolute Gasteiger partial charge is 0.408 e. The van der Waals surface area contributed by atoms with E-state index in [1.165, 1.54) is 16.2 Å². The van der Waals surface area contributed by atoms with Gasteiger partial charge in [0.25, 0.3) is 0 Å². The van der Waals surface area contributed by atoms with Crippen LogP contribution in [0, 0.1) is 6.92 Å². The average Bonchev–Trinajstić information content (AvgIpc) is 3.86. The molecule has 0 radical (unpaired) electrons. The minimum absolute atomic E-state index is 0.102. The van der Waals surface area contributed by atoms with Crippen LogP contribution in [0.4, 0.5) is 4.79 Å². The maximum atomic E-state index is 14.4. The largest absolute Gasteiger partial charge is 0.487 e. The topological polar surface area (TPSA) is 160 Å². The number of nitrogens with zero attached hydrogens (tertiary/aromatic N) is 2. The van der Waals surface area contributed by atoms with E-state index in [9.17, 15) is 24.6 Å². The lowest BCUT2D eigenvalue weighted by Gasteiger charge is -2.35. The highest BCUT2D eigenvalue weighted by molar-refractivity contribution is 7.17. The molecular formula is C35H48N4O8S. The van der Waals surface area contributed by atoms with Crippen molar-refractivity contribution in [3.63, 3.8) is 0 Å². The summed E-state index contributed by atoms with van der Waals surface area (Å²) in [7, 11) is 0. The molecule has 4 aliphatic rings. The third kappa shape index (κ3) is 7.58. The standard InChI is InChI=1S/C35H48N4O8S/c1-3-45-28-17-27(30-29(37-28)21(2)20-48-30)46-24-16-26-31(40)38-35(33(42)43)15-14-22(18-35)10-6-4-5-7-13-25(32(41)39(26)19-24)36-34(44)47-23-11-8-9-12-23/h10,17,20,23-26,33,42-43H,3-9,11-16,18-19H2,1-2H3,(H,36,44)(H,38,40)/b22-10-/t24-,25+,26+,35-/m1/s1. The zero-order valence-electron chi connectivity index (χ0n) is 27.9. The van der Waals surface area contributed by atoms with Gasteiger partial charge in [-0.3, -0.25) is 9.59 Å². The van der Waals surface area contributed by atoms with Crippen LogP contribution in [0.25, 0.3) is 10.2 Å². The minimum atomic E-state index is -1.77. The van der Waals surface area contributed by atoms with E-state index in [-0.39, 0.29) is 25.0 Å². The highest BCUT2D eigenvalue weighted by Gasteiger charge is 2.48. The number of carbonyl (C=O) groups excluding carboxylic acids is 3. The Hall–Kier alpha value is -3.42. The van der Waals surface area contributed by atoms with E-state index in [1.54, 1.807) is 6.07 Å². The molecule has 4 heterocycles. The number of fused-ring (bicyclic) bond motifs is 4. The van der Waals surface area contributed by atoms with Crippen molar-refractivity contribution < 1.29 is 38.8 Å². The molecule has 4 N–H and O–H groups in total. The van der Waals surface area contributed by atoms with Crippen molar-refractivity contribution in [1.82, 2.24) is 20.5 Å². The van der Waals surface area contributed by atoms with Crippen molar-refractivity contribution in [2.45, 2.75) is 133 Å². The molecule has 3 amide bonds. The number of nitrogens with one attached hydrogen (secondary N) is 2. The van der Waals surface area contributed by atoms with Gasteiger partial charge in [0, 0.05) is 12.5 Å². The summed E-state index contributed by atoms with van der Waals surface area (Å²) in [6.45, 7) is 4.39. The van der Waals surface area contributed by atoms with Gasteiger partial charge in [-0.2, -0.15) is 0 Å². The molecule has 2 aromatic rings. The molecule has 2 bridgehead atoms. The summed E-state index contributed by atoms with van der Waals surface area (Å²) < 4.78 is 18.8. The number of aryl methyl sites for hydroxylation is 1. The van der Waals surface area contributed by atoms with E-state index < -0.39 is 42.0 Å². The molecule has 2 aliphatic carbocycles. The Kier molecular flexibility index (Phi) is 10.8. The van der Waals surface area contributed by atoms with Crippen molar-refractivity contribution >= 4 is 39.5 Å². The fraction of sp³-hybridized carbons (Fsp3) is 0.657. The summed E-state index contributed by atoms with van der Waals surface area (Å²) in [6.07, 6.45) is 7.89. The number of hydrogen-bond donors (Lipinski definition) is 4. The summed E-state index contributed by atoms with van der Waals surface area (Å²) in [5.74, 6) is 0.125. The molecule has 0 unspecified atom stereocenters. The molecule has 3 fully saturated rings. The lowest BCUT2D eigenvalue weighted by atomic mass is 9.95. The van der Waals surface area contributed by atoms with Crippen LogP contribution in [0.15, 0.2) is 23.1 Å². The molecule has 2 aromatic heterocycles. The summed E-state index contributed by atoms with van der Waals surface area (Å²) in [4.78, 5) is 47.7. The van der Waals surface area contributed by atoms with E-state index in [0.29, 0.717) is 50.3 Å². The van der Waals surface area contributed by atoms with Gasteiger partial charge >= 0.3 is 6.09 Å². The Balaban J connectivity index is 1.30. The highest BCUT2D eigenvalue weighted by atomic mass is 32.1. The van der Waals surface area contributed by atoms with E-state index in [0.717, 1.165) is 66.3 Å². The van der Waals surface area contributed by atoms with E-state index in [2.05, 4.69) is 21.7 Å². The normalized spacial score (nSPS) is 28.4. The monoisotopic (exact) mass is 684 g/mol. The van der Waals surface area contributed by atoms with Crippen LogP contribution in [0.3, 0.4) is 0 Å². The Morgan fingerprint density at radius 1 is 1.17 bits per heavy atom. The summed E-state index contributed by atoms with van der Waals surface area (Å²) in [5.41, 5.74) is 1.60. The number of pyridine rings is 1. The zero-order valence-corrected chi connectivity index (χ0v) is 28.7. The molecule has 1 saturated heterocycles. The van der Waals surface area contributed by atoms with Crippen LogP contribution in [-0.2, 0) is 14.3 Å². The van der Waals surface area contributed by atoms with Crippen molar-refractivity contribution in [3.05, 3.63) is 28.7 Å². The fourth-order valence-corrected chi connectivity index (χ4v) is 8.51. The first-order valence-electron chi connectivity index (χ1n) is 17.5. The first kappa shape index (κ1) is 34.4. The number of aromatic nitrogens is 1. The summed E-state index contributed by atoms with van der Waals surface area (Å²) in [6, 6.07) is -0.102. The Morgan fingerprint density at radius 2 is 1.96 bits per heavy atom. The van der Waals surface area contributed by atoms with E-state index in [1.807, 2.05) is 19.2 Å². The lowest BCUT2D eigenvalue weighted by Crippen LogP contribution is -2.60. The Morgan fingerprint density at radius 3 is 2.73 bits per heavy atom. The minimum Gasteiger partial charge on any atom is -0.487 e. The molecule has 2 aliphatic heterocycles. The third-order valence-electron chi connectivity index (χ3n) is 10.2. The number of aliphatic hydroxyl groups is 2. The molecule has 262 valence electrons. The average molecular weight is 685 g/mol. The number of amides is 3. The fourth-order valence-electron chi connectivity index (χ4n) is 7.56. The number of rotatable bonds is 7. The van der Waals surface area contributed by atoms with Crippen LogP contribution >= 0.6 is 11.3 Å². The lowest BCUT2D eigenvalue weighted by molar-refractivity contribution is -0.146. The number of thiophene rings is 1. The third-order valence-corrected chi connectivity index (χ3v) is 11.3. The number of alkyl carbamates (subject to hydrolysis) is 1. The number of carbonyl (C=O) groups is 3. The molecular weight excluding hydrogens is 636 g/mol. The molecule has 12 nitrogen and oxygen atoms in total. The van der Waals surface area contributed by atoms with Crippen LogP contribution in [-0.4, -0.2) is 87.3 Å². The van der Waals surface area contributed by atoms with Gasteiger partial charge in [0.1, 0.15) is 30.0 Å². The maximum absolute atomic E-state index is 14.4. The number of allylic oxidation sites excluding steroid dienone is 1. The van der Waals surface area contributed by atoms with Crippen LogP contribution in [0.2, 0.25) is 0 Å². The van der Waals surface area contributed by atoms with E-state index >= 15 is 0 Å². The second-order valence-corrected chi connectivity index (χ2v) is 14.6. The first-order chi connectivity index (χ1) is 23.2. The van der Waals surface area contributed by atoms with Crippen molar-refractivity contribution in [3.8, 4) is 11.6 Å². The van der Waals surface area contributed by atoms with E-state index in [4.69, 9.17) is 14.2 Å². The Labute approximate surface area is 285 Å². The van der Waals surface area contributed by atoms with Gasteiger partial charge in [0.05, 0.1) is 28.9 Å². The first-order valence-corrected chi connectivity index (χ1v) is 18.4. The molecule has 13 heteroatoms. The van der Waals surface area contributed by atoms with Crippen molar-refractivity contribution in [2.24, 2.45) is 0 Å². The van der Waals surface area contributed by atoms with Crippen LogP contribution < -0.4 is 20.1 Å². The highest BCUT2D eigenvalue weighted by Crippen LogP contribution is 2.39.